The first-order chi connectivity index (χ1) is 12.0. The fraction of sp³-hybridized carbons (Fsp3) is 0.0556. The Kier molecular flexibility index (Phi) is 4.47. The predicted molar refractivity (Wildman–Crippen MR) is 93.0 cm³/mol. The normalized spacial score (nSPS) is 11.3. The van der Waals surface area contributed by atoms with Crippen molar-refractivity contribution in [1.29, 1.82) is 0 Å². The zero-order valence-corrected chi connectivity index (χ0v) is 13.4. The van der Waals surface area contributed by atoms with E-state index in [0.29, 0.717) is 5.71 Å². The van der Waals surface area contributed by atoms with Gasteiger partial charge in [0.15, 0.2) is 0 Å². The monoisotopic (exact) mass is 336 g/mol. The molecular formula is C18H16N4O3. The van der Waals surface area contributed by atoms with Crippen LogP contribution in [0.1, 0.15) is 22.8 Å². The van der Waals surface area contributed by atoms with Crippen molar-refractivity contribution in [3.63, 3.8) is 0 Å². The van der Waals surface area contributed by atoms with Crippen LogP contribution in [0.4, 0.5) is 0 Å². The second-order valence-corrected chi connectivity index (χ2v) is 5.39. The number of imidazole rings is 1. The topological polar surface area (TPSA) is 99.7 Å². The number of hydrogen-bond donors (Lipinski definition) is 3. The number of amides is 1. The number of benzene rings is 2. The lowest BCUT2D eigenvalue weighted by atomic mass is 10.1. The van der Waals surface area contributed by atoms with Crippen molar-refractivity contribution >= 4 is 11.6 Å². The van der Waals surface area contributed by atoms with Crippen molar-refractivity contribution < 1.29 is 15.0 Å². The van der Waals surface area contributed by atoms with Crippen LogP contribution >= 0.6 is 0 Å². The first kappa shape index (κ1) is 16.3. The van der Waals surface area contributed by atoms with Crippen LogP contribution in [0, 0.1) is 0 Å². The van der Waals surface area contributed by atoms with Gasteiger partial charge in [0.2, 0.25) is 0 Å². The number of aromatic nitrogens is 2. The van der Waals surface area contributed by atoms with Crippen molar-refractivity contribution in [2.75, 3.05) is 0 Å². The SMILES string of the molecule is C/C(=N\NC(=O)c1cc(O)cc(O)c1)c1ccc(-n2ccnc2)cc1. The summed E-state index contributed by atoms with van der Waals surface area (Å²) in [6.07, 6.45) is 5.26. The molecule has 0 unspecified atom stereocenters. The largest absolute Gasteiger partial charge is 0.508 e. The molecule has 1 amide bonds. The average Bonchev–Trinajstić information content (AvgIpc) is 3.13. The Balaban J connectivity index is 1.72. The van der Waals surface area contributed by atoms with E-state index in [4.69, 9.17) is 0 Å². The Morgan fingerprint density at radius 1 is 1.08 bits per heavy atom. The van der Waals surface area contributed by atoms with Gasteiger partial charge in [0.1, 0.15) is 11.5 Å². The van der Waals surface area contributed by atoms with Gasteiger partial charge in [-0.1, -0.05) is 12.1 Å². The number of carbonyl (C=O) groups excluding carboxylic acids is 1. The third-order valence-corrected chi connectivity index (χ3v) is 3.58. The maximum atomic E-state index is 12.0. The zero-order valence-electron chi connectivity index (χ0n) is 13.4. The van der Waals surface area contributed by atoms with Crippen LogP contribution in [0.25, 0.3) is 5.69 Å². The number of phenols is 2. The molecule has 0 atom stereocenters. The molecule has 2 aromatic carbocycles. The molecule has 0 aliphatic rings. The van der Waals surface area contributed by atoms with Crippen LogP contribution in [-0.2, 0) is 0 Å². The summed E-state index contributed by atoms with van der Waals surface area (Å²) in [6, 6.07) is 11.3. The number of hydrogen-bond acceptors (Lipinski definition) is 5. The Morgan fingerprint density at radius 2 is 1.76 bits per heavy atom. The van der Waals surface area contributed by atoms with Crippen LogP contribution in [0.3, 0.4) is 0 Å². The maximum Gasteiger partial charge on any atom is 0.271 e. The van der Waals surface area contributed by atoms with E-state index in [1.165, 1.54) is 12.1 Å². The fourth-order valence-electron chi connectivity index (χ4n) is 2.28. The van der Waals surface area contributed by atoms with E-state index >= 15 is 0 Å². The van der Waals surface area contributed by atoms with Gasteiger partial charge in [0.25, 0.3) is 5.91 Å². The lowest BCUT2D eigenvalue weighted by Crippen LogP contribution is -2.19. The Morgan fingerprint density at radius 3 is 2.36 bits per heavy atom. The molecule has 1 aromatic heterocycles. The highest BCUT2D eigenvalue weighted by atomic mass is 16.3. The number of hydrazone groups is 1. The van der Waals surface area contributed by atoms with Gasteiger partial charge in [-0.3, -0.25) is 4.79 Å². The highest BCUT2D eigenvalue weighted by molar-refractivity contribution is 6.01. The van der Waals surface area contributed by atoms with Crippen molar-refractivity contribution in [2.45, 2.75) is 6.92 Å². The van der Waals surface area contributed by atoms with Crippen LogP contribution in [-0.4, -0.2) is 31.4 Å². The van der Waals surface area contributed by atoms with Gasteiger partial charge in [0, 0.05) is 29.7 Å². The molecule has 0 spiro atoms. The van der Waals surface area contributed by atoms with E-state index in [2.05, 4.69) is 15.5 Å². The molecule has 3 rings (SSSR count). The second-order valence-electron chi connectivity index (χ2n) is 5.39. The lowest BCUT2D eigenvalue weighted by molar-refractivity contribution is 0.0954. The molecule has 0 fully saturated rings. The van der Waals surface area contributed by atoms with E-state index < -0.39 is 5.91 Å². The van der Waals surface area contributed by atoms with Crippen molar-refractivity contribution in [2.24, 2.45) is 5.10 Å². The summed E-state index contributed by atoms with van der Waals surface area (Å²) in [4.78, 5) is 16.0. The van der Waals surface area contributed by atoms with E-state index in [-0.39, 0.29) is 17.1 Å². The number of nitrogens with one attached hydrogen (secondary N) is 1. The van der Waals surface area contributed by atoms with Crippen LogP contribution in [0.2, 0.25) is 0 Å². The first-order valence-electron chi connectivity index (χ1n) is 7.49. The van der Waals surface area contributed by atoms with E-state index in [0.717, 1.165) is 17.3 Å². The highest BCUT2D eigenvalue weighted by Crippen LogP contribution is 2.20. The average molecular weight is 336 g/mol. The summed E-state index contributed by atoms with van der Waals surface area (Å²) in [5.41, 5.74) is 4.96. The molecule has 0 bridgehead atoms. The van der Waals surface area contributed by atoms with Gasteiger partial charge < -0.3 is 14.8 Å². The molecule has 0 aliphatic carbocycles. The van der Waals surface area contributed by atoms with Crippen molar-refractivity contribution in [3.05, 3.63) is 72.3 Å². The molecule has 0 saturated heterocycles. The second kappa shape index (κ2) is 6.88. The number of aromatic hydroxyl groups is 2. The molecule has 3 aromatic rings. The number of rotatable bonds is 4. The molecule has 25 heavy (non-hydrogen) atoms. The van der Waals surface area contributed by atoms with Crippen LogP contribution in [0.15, 0.2) is 66.3 Å². The van der Waals surface area contributed by atoms with Crippen molar-refractivity contribution in [1.82, 2.24) is 15.0 Å². The van der Waals surface area contributed by atoms with Gasteiger partial charge in [-0.2, -0.15) is 5.10 Å². The molecule has 0 aliphatic heterocycles. The van der Waals surface area contributed by atoms with E-state index in [9.17, 15) is 15.0 Å². The Bertz CT molecular complexity index is 896. The van der Waals surface area contributed by atoms with Gasteiger partial charge in [-0.15, -0.1) is 0 Å². The third-order valence-electron chi connectivity index (χ3n) is 3.58. The number of phenolic OH excluding ortho intramolecular Hbond substituents is 2. The quantitative estimate of drug-likeness (QED) is 0.503. The fourth-order valence-corrected chi connectivity index (χ4v) is 2.28. The summed E-state index contributed by atoms with van der Waals surface area (Å²) in [6.45, 7) is 1.77. The smallest absolute Gasteiger partial charge is 0.271 e. The molecule has 7 nitrogen and oxygen atoms in total. The van der Waals surface area contributed by atoms with Crippen molar-refractivity contribution in [3.8, 4) is 17.2 Å². The van der Waals surface area contributed by atoms with E-state index in [1.807, 2.05) is 35.0 Å². The van der Waals surface area contributed by atoms with Gasteiger partial charge >= 0.3 is 0 Å². The minimum Gasteiger partial charge on any atom is -0.508 e. The summed E-state index contributed by atoms with van der Waals surface area (Å²) in [5.74, 6) is -0.914. The molecule has 7 heteroatoms. The summed E-state index contributed by atoms with van der Waals surface area (Å²) >= 11 is 0. The summed E-state index contributed by atoms with van der Waals surface area (Å²) in [7, 11) is 0. The predicted octanol–water partition coefficient (Wildman–Crippen LogP) is 2.44. The number of nitrogens with zero attached hydrogens (tertiary/aromatic N) is 3. The van der Waals surface area contributed by atoms with Crippen LogP contribution in [0.5, 0.6) is 11.5 Å². The van der Waals surface area contributed by atoms with Crippen LogP contribution < -0.4 is 5.43 Å². The molecular weight excluding hydrogens is 320 g/mol. The molecule has 0 saturated carbocycles. The summed E-state index contributed by atoms with van der Waals surface area (Å²) in [5, 5.41) is 22.9. The highest BCUT2D eigenvalue weighted by Gasteiger charge is 2.08. The molecule has 126 valence electrons. The lowest BCUT2D eigenvalue weighted by Gasteiger charge is -2.06. The van der Waals surface area contributed by atoms with Gasteiger partial charge in [-0.25, -0.2) is 10.4 Å². The first-order valence-corrected chi connectivity index (χ1v) is 7.49. The summed E-state index contributed by atoms with van der Waals surface area (Å²) < 4.78 is 1.88. The Labute approximate surface area is 143 Å². The molecule has 3 N–H and O–H groups in total. The molecule has 0 radical (unpaired) electrons. The minimum absolute atomic E-state index is 0.115. The van der Waals surface area contributed by atoms with Gasteiger partial charge in [-0.05, 0) is 36.8 Å². The van der Waals surface area contributed by atoms with Gasteiger partial charge in [0.05, 0.1) is 12.0 Å². The molecule has 1 heterocycles. The number of carbonyl (C=O) groups is 1. The minimum atomic E-state index is -0.527. The Hall–Kier alpha value is -3.61. The maximum absolute atomic E-state index is 12.0. The zero-order chi connectivity index (χ0) is 17.8. The van der Waals surface area contributed by atoms with E-state index in [1.54, 1.807) is 19.4 Å². The standard InChI is InChI=1S/C18H16N4O3/c1-12(13-2-4-15(5-3-13)22-7-6-19-11-22)20-21-18(25)14-8-16(23)10-17(24)9-14/h2-11,23-24H,1H3,(H,21,25)/b20-12+. The third kappa shape index (κ3) is 3.84.